The van der Waals surface area contributed by atoms with E-state index in [0.29, 0.717) is 25.3 Å². The molecule has 1 aliphatic heterocycles. The fourth-order valence-corrected chi connectivity index (χ4v) is 7.02. The van der Waals surface area contributed by atoms with Gasteiger partial charge in [0.25, 0.3) is 5.91 Å². The minimum absolute atomic E-state index is 0.00238. The molecule has 3 aliphatic carbocycles. The summed E-state index contributed by atoms with van der Waals surface area (Å²) in [7, 11) is 6.89. The molecule has 1 amide bonds. The number of aromatic hydroxyl groups is 1. The van der Waals surface area contributed by atoms with E-state index in [1.165, 1.54) is 11.0 Å². The summed E-state index contributed by atoms with van der Waals surface area (Å²) in [5, 5.41) is 48.6. The average molecular weight is 557 g/mol. The number of nitrogens with one attached hydrogen (secondary N) is 1. The Morgan fingerprint density at radius 3 is 2.48 bits per heavy atom. The van der Waals surface area contributed by atoms with Gasteiger partial charge >= 0.3 is 0 Å². The predicted molar refractivity (Wildman–Crippen MR) is 144 cm³/mol. The van der Waals surface area contributed by atoms with Crippen LogP contribution in [-0.4, -0.2) is 102 Å². The van der Waals surface area contributed by atoms with Gasteiger partial charge in [0, 0.05) is 50.5 Å². The number of aliphatic hydroxyl groups is 3. The third kappa shape index (κ3) is 4.00. The molecule has 1 fully saturated rings. The number of carbonyl (C=O) groups excluding carboxylic acids is 3. The Morgan fingerprint density at radius 1 is 1.20 bits per heavy atom. The third-order valence-electron chi connectivity index (χ3n) is 8.73. The van der Waals surface area contributed by atoms with Crippen LogP contribution >= 0.6 is 0 Å². The number of phenolic OH excluding ortho intramolecular Hbond substituents is 1. The van der Waals surface area contributed by atoms with Gasteiger partial charge in [-0.25, -0.2) is 0 Å². The van der Waals surface area contributed by atoms with Crippen molar-refractivity contribution in [2.24, 2.45) is 17.6 Å². The SMILES string of the molecule is CN(C)c1c(CN[C@@H]2CCOC2)cc(O)c2c1C[C@H]1C[C@H]3[C@H](N(C)C)C(O)=C(C(N)=O)C(=O)[C@@]3(O)C(O)=C1C2=O. The highest BCUT2D eigenvalue weighted by atomic mass is 16.5. The van der Waals surface area contributed by atoms with E-state index in [1.54, 1.807) is 14.1 Å². The minimum Gasteiger partial charge on any atom is -0.510 e. The maximum atomic E-state index is 13.9. The Hall–Kier alpha value is -3.45. The number of benzene rings is 1. The Morgan fingerprint density at radius 2 is 1.90 bits per heavy atom. The number of phenols is 1. The minimum atomic E-state index is -2.66. The van der Waals surface area contributed by atoms with Crippen LogP contribution in [0.15, 0.2) is 28.7 Å². The fraction of sp³-hybridized carbons (Fsp3) is 0.536. The van der Waals surface area contributed by atoms with Crippen LogP contribution in [0.2, 0.25) is 0 Å². The largest absolute Gasteiger partial charge is 0.510 e. The molecule has 1 saturated heterocycles. The van der Waals surface area contributed by atoms with E-state index in [2.05, 4.69) is 5.32 Å². The number of hydrogen-bond acceptors (Lipinski definition) is 11. The van der Waals surface area contributed by atoms with Crippen molar-refractivity contribution in [1.82, 2.24) is 10.2 Å². The quantitative estimate of drug-likeness (QED) is 0.260. The Labute approximate surface area is 231 Å². The van der Waals surface area contributed by atoms with Crippen molar-refractivity contribution in [3.05, 3.63) is 45.4 Å². The molecule has 1 aromatic rings. The number of likely N-dealkylation sites (N-methyl/N-ethyl adjacent to an activating group) is 1. The zero-order chi connectivity index (χ0) is 29.3. The van der Waals surface area contributed by atoms with Crippen molar-refractivity contribution in [2.45, 2.75) is 43.5 Å². The number of ether oxygens (including phenoxy) is 1. The van der Waals surface area contributed by atoms with E-state index in [9.17, 15) is 34.8 Å². The first-order chi connectivity index (χ1) is 18.8. The Balaban J connectivity index is 1.64. The van der Waals surface area contributed by atoms with Gasteiger partial charge in [-0.05, 0) is 56.5 Å². The summed E-state index contributed by atoms with van der Waals surface area (Å²) in [4.78, 5) is 42.9. The summed E-state index contributed by atoms with van der Waals surface area (Å²) in [5.41, 5.74) is 3.87. The van der Waals surface area contributed by atoms with E-state index in [-0.39, 0.29) is 35.8 Å². The molecular weight excluding hydrogens is 520 g/mol. The lowest BCUT2D eigenvalue weighted by molar-refractivity contribution is -0.148. The highest BCUT2D eigenvalue weighted by Crippen LogP contribution is 2.53. The van der Waals surface area contributed by atoms with Crippen molar-refractivity contribution in [3.63, 3.8) is 0 Å². The number of amides is 1. The maximum Gasteiger partial charge on any atom is 0.255 e. The topological polar surface area (TPSA) is 186 Å². The van der Waals surface area contributed by atoms with Crippen molar-refractivity contribution in [2.75, 3.05) is 46.3 Å². The first-order valence-corrected chi connectivity index (χ1v) is 13.3. The molecule has 0 spiro atoms. The van der Waals surface area contributed by atoms with Crippen LogP contribution in [0.1, 0.15) is 34.3 Å². The molecule has 40 heavy (non-hydrogen) atoms. The van der Waals surface area contributed by atoms with Crippen molar-refractivity contribution in [1.29, 1.82) is 0 Å². The van der Waals surface area contributed by atoms with E-state index in [1.807, 2.05) is 19.0 Å². The van der Waals surface area contributed by atoms with Crippen LogP contribution < -0.4 is 16.0 Å². The normalized spacial score (nSPS) is 29.9. The first kappa shape index (κ1) is 28.1. The molecule has 1 heterocycles. The van der Waals surface area contributed by atoms with Crippen LogP contribution in [0.4, 0.5) is 5.69 Å². The molecule has 216 valence electrons. The molecule has 12 heteroatoms. The second kappa shape index (κ2) is 9.88. The molecular formula is C28H36N4O8. The van der Waals surface area contributed by atoms with Gasteiger partial charge in [-0.1, -0.05) is 0 Å². The second-order valence-corrected chi connectivity index (χ2v) is 11.6. The standard InChI is InChI=1S/C28H36N4O8/c1-31(2)21-13(10-30-14-5-6-40-11-14)9-17(33)19-15(21)7-12-8-16-22(32(3)4)24(35)20(27(29)38)26(37)28(16,39)25(36)18(12)23(19)34/h9,12,14,16,22,30,33,35-36,39H,5-8,10-11H2,1-4H3,(H2,29,38)/t12-,14+,16-,22-,28-/m0/s1. The molecule has 12 nitrogen and oxygen atoms in total. The van der Waals surface area contributed by atoms with Gasteiger partial charge in [-0.15, -0.1) is 0 Å². The Bertz CT molecular complexity index is 1360. The first-order valence-electron chi connectivity index (χ1n) is 13.3. The van der Waals surface area contributed by atoms with Gasteiger partial charge in [0.05, 0.1) is 18.2 Å². The van der Waals surface area contributed by atoms with Gasteiger partial charge in [-0.2, -0.15) is 0 Å². The van der Waals surface area contributed by atoms with Crippen LogP contribution in [0.3, 0.4) is 0 Å². The summed E-state index contributed by atoms with van der Waals surface area (Å²) in [6.45, 7) is 1.71. The van der Waals surface area contributed by atoms with Crippen molar-refractivity contribution < 1.29 is 39.5 Å². The number of allylic oxidation sites excluding steroid dienone is 1. The van der Waals surface area contributed by atoms with E-state index >= 15 is 0 Å². The molecule has 0 bridgehead atoms. The number of primary amides is 1. The molecule has 0 aromatic heterocycles. The zero-order valence-corrected chi connectivity index (χ0v) is 23.0. The van der Waals surface area contributed by atoms with E-state index in [4.69, 9.17) is 10.5 Å². The van der Waals surface area contributed by atoms with Gasteiger partial charge in [0.2, 0.25) is 5.78 Å². The number of aliphatic hydroxyl groups excluding tert-OH is 2. The highest BCUT2D eigenvalue weighted by molar-refractivity contribution is 6.24. The van der Waals surface area contributed by atoms with E-state index < -0.39 is 58.0 Å². The van der Waals surface area contributed by atoms with Crippen LogP contribution in [0.25, 0.3) is 0 Å². The van der Waals surface area contributed by atoms with Gasteiger partial charge in [0.1, 0.15) is 22.8 Å². The number of carbonyl (C=O) groups is 3. The number of rotatable bonds is 6. The van der Waals surface area contributed by atoms with Gasteiger partial charge in [-0.3, -0.25) is 19.3 Å². The summed E-state index contributed by atoms with van der Waals surface area (Å²) in [5.74, 6) is -6.63. The summed E-state index contributed by atoms with van der Waals surface area (Å²) in [6.07, 6.45) is 1.15. The smallest absolute Gasteiger partial charge is 0.255 e. The third-order valence-corrected chi connectivity index (χ3v) is 8.73. The molecule has 7 N–H and O–H groups in total. The number of fused-ring (bicyclic) bond motifs is 3. The molecule has 4 aliphatic rings. The van der Waals surface area contributed by atoms with Gasteiger partial charge < -0.3 is 41.1 Å². The lowest BCUT2D eigenvalue weighted by Gasteiger charge is -2.50. The summed E-state index contributed by atoms with van der Waals surface area (Å²) in [6, 6.07) is 0.666. The average Bonchev–Trinajstić information content (AvgIpc) is 3.38. The van der Waals surface area contributed by atoms with Crippen LogP contribution in [-0.2, 0) is 27.3 Å². The lowest BCUT2D eigenvalue weighted by Crippen LogP contribution is -2.63. The summed E-state index contributed by atoms with van der Waals surface area (Å²) >= 11 is 0. The second-order valence-electron chi connectivity index (χ2n) is 11.6. The van der Waals surface area contributed by atoms with Crippen LogP contribution in [0.5, 0.6) is 5.75 Å². The summed E-state index contributed by atoms with van der Waals surface area (Å²) < 4.78 is 5.44. The zero-order valence-electron chi connectivity index (χ0n) is 23.0. The highest BCUT2D eigenvalue weighted by Gasteiger charge is 2.63. The Kier molecular flexibility index (Phi) is 6.94. The molecule has 5 atom stereocenters. The number of nitrogens with two attached hydrogens (primary N) is 1. The number of ketones is 2. The number of hydrogen-bond donors (Lipinski definition) is 6. The van der Waals surface area contributed by atoms with E-state index in [0.717, 1.165) is 17.7 Å². The number of anilines is 1. The number of nitrogens with zero attached hydrogens (tertiary/aromatic N) is 2. The molecule has 1 aromatic carbocycles. The fourth-order valence-electron chi connectivity index (χ4n) is 7.02. The lowest BCUT2D eigenvalue weighted by atomic mass is 9.58. The molecule has 0 unspecified atom stereocenters. The van der Waals surface area contributed by atoms with Gasteiger partial charge in [0.15, 0.2) is 11.4 Å². The number of Topliss-reactive ketones (excluding diaryl/α,β-unsaturated/α-hetero) is 2. The van der Waals surface area contributed by atoms with Crippen molar-refractivity contribution >= 4 is 23.2 Å². The molecule has 0 radical (unpaired) electrons. The predicted octanol–water partition coefficient (Wildman–Crippen LogP) is 0.0651. The molecule has 5 rings (SSSR count). The van der Waals surface area contributed by atoms with Crippen LogP contribution in [0, 0.1) is 11.8 Å². The van der Waals surface area contributed by atoms with Crippen molar-refractivity contribution in [3.8, 4) is 5.75 Å². The molecule has 0 saturated carbocycles. The maximum absolute atomic E-state index is 13.9. The monoisotopic (exact) mass is 556 g/mol.